The normalized spacial score (nSPS) is 38.9. The third kappa shape index (κ3) is 3.81. The summed E-state index contributed by atoms with van der Waals surface area (Å²) in [4.78, 5) is 24.3. The summed E-state index contributed by atoms with van der Waals surface area (Å²) in [6.45, 7) is 11.1. The molecule has 1 fully saturated rings. The maximum absolute atomic E-state index is 12.5. The van der Waals surface area contributed by atoms with Gasteiger partial charge in [0.25, 0.3) is 0 Å². The lowest BCUT2D eigenvalue weighted by Gasteiger charge is -2.40. The second kappa shape index (κ2) is 7.73. The molecule has 0 heterocycles. The lowest BCUT2D eigenvalue weighted by atomic mass is 9.63. The maximum atomic E-state index is 12.5. The van der Waals surface area contributed by atoms with Crippen LogP contribution in [0.3, 0.4) is 0 Å². The van der Waals surface area contributed by atoms with Crippen molar-refractivity contribution in [1.29, 1.82) is 0 Å². The third-order valence-electron chi connectivity index (χ3n) is 7.43. The Morgan fingerprint density at radius 3 is 2.74 bits per heavy atom. The highest BCUT2D eigenvalue weighted by molar-refractivity contribution is 6.01. The molecular formula is C25H34O2. The minimum absolute atomic E-state index is 0.130. The second-order valence-electron chi connectivity index (χ2n) is 9.59. The van der Waals surface area contributed by atoms with E-state index in [9.17, 15) is 9.59 Å². The number of fused-ring (bicyclic) bond motifs is 2. The molecule has 0 radical (unpaired) electrons. The molecule has 6 atom stereocenters. The molecular weight excluding hydrogens is 332 g/mol. The average Bonchev–Trinajstić information content (AvgIpc) is 3.04. The number of ketones is 1. The first-order valence-corrected chi connectivity index (χ1v) is 10.5. The number of allylic oxidation sites excluding steroid dienone is 8. The highest BCUT2D eigenvalue weighted by Gasteiger charge is 2.50. The predicted octanol–water partition coefficient (Wildman–Crippen LogP) is 5.86. The first-order chi connectivity index (χ1) is 12.8. The lowest BCUT2D eigenvalue weighted by molar-refractivity contribution is -0.119. The number of rotatable bonds is 4. The van der Waals surface area contributed by atoms with Gasteiger partial charge in [0.05, 0.1) is 5.92 Å². The smallest absolute Gasteiger partial charge is 0.163 e. The van der Waals surface area contributed by atoms with Gasteiger partial charge in [0, 0.05) is 0 Å². The topological polar surface area (TPSA) is 34.1 Å². The van der Waals surface area contributed by atoms with E-state index in [-0.39, 0.29) is 23.0 Å². The van der Waals surface area contributed by atoms with Crippen molar-refractivity contribution in [2.75, 3.05) is 0 Å². The number of carbonyl (C=O) groups is 2. The molecule has 27 heavy (non-hydrogen) atoms. The summed E-state index contributed by atoms with van der Waals surface area (Å²) < 4.78 is 0. The Morgan fingerprint density at radius 2 is 2.07 bits per heavy atom. The van der Waals surface area contributed by atoms with Gasteiger partial charge in [0.2, 0.25) is 0 Å². The molecule has 2 heteroatoms. The summed E-state index contributed by atoms with van der Waals surface area (Å²) >= 11 is 0. The Balaban J connectivity index is 1.90. The quantitative estimate of drug-likeness (QED) is 0.461. The van der Waals surface area contributed by atoms with Gasteiger partial charge in [-0.05, 0) is 87.2 Å². The largest absolute Gasteiger partial charge is 0.298 e. The summed E-state index contributed by atoms with van der Waals surface area (Å²) in [5, 5.41) is 0. The molecule has 0 spiro atoms. The van der Waals surface area contributed by atoms with Gasteiger partial charge in [-0.15, -0.1) is 0 Å². The SMILES string of the molecule is CC(C)=C/C=C\[C@H](C)C1CC[C@]2(C)C[C@@H]3C(C)=CC(=O)C3/C(C=O)=C\CC12. The van der Waals surface area contributed by atoms with Gasteiger partial charge in [0.15, 0.2) is 5.78 Å². The van der Waals surface area contributed by atoms with Crippen molar-refractivity contribution >= 4 is 12.1 Å². The van der Waals surface area contributed by atoms with E-state index in [0.717, 1.165) is 24.7 Å². The average molecular weight is 367 g/mol. The Labute approximate surface area is 164 Å². The third-order valence-corrected chi connectivity index (χ3v) is 7.43. The van der Waals surface area contributed by atoms with E-state index < -0.39 is 0 Å². The van der Waals surface area contributed by atoms with Crippen LogP contribution in [0.4, 0.5) is 0 Å². The van der Waals surface area contributed by atoms with E-state index in [1.807, 2.05) is 0 Å². The van der Waals surface area contributed by atoms with Crippen molar-refractivity contribution in [3.05, 3.63) is 47.1 Å². The molecule has 0 N–H and O–H groups in total. The molecule has 0 aliphatic heterocycles. The summed E-state index contributed by atoms with van der Waals surface area (Å²) in [5.41, 5.74) is 3.45. The molecule has 0 saturated heterocycles. The second-order valence-corrected chi connectivity index (χ2v) is 9.59. The van der Waals surface area contributed by atoms with Gasteiger partial charge < -0.3 is 0 Å². The summed E-state index contributed by atoms with van der Waals surface area (Å²) in [6, 6.07) is 0. The monoisotopic (exact) mass is 366 g/mol. The van der Waals surface area contributed by atoms with Crippen molar-refractivity contribution in [3.63, 3.8) is 0 Å². The van der Waals surface area contributed by atoms with E-state index in [2.05, 4.69) is 58.9 Å². The van der Waals surface area contributed by atoms with Crippen molar-refractivity contribution < 1.29 is 9.59 Å². The molecule has 0 aromatic heterocycles. The molecule has 0 aromatic carbocycles. The summed E-state index contributed by atoms with van der Waals surface area (Å²) in [5.74, 6) is 1.84. The van der Waals surface area contributed by atoms with Crippen molar-refractivity contribution in [2.45, 2.75) is 60.3 Å². The van der Waals surface area contributed by atoms with Gasteiger partial charge in [-0.3, -0.25) is 9.59 Å². The Morgan fingerprint density at radius 1 is 1.33 bits per heavy atom. The standard InChI is InChI=1S/C25H34O2/c1-16(2)7-6-8-17(3)20-11-12-25(5)14-21-18(4)13-23(27)24(21)19(15-26)9-10-22(20)25/h6-9,13,15,17,20-22,24H,10-12,14H2,1-5H3/b8-6-,19-9-/t17-,20?,21+,22?,24?,25+/m0/s1. The molecule has 146 valence electrons. The highest BCUT2D eigenvalue weighted by atomic mass is 16.1. The zero-order valence-electron chi connectivity index (χ0n) is 17.5. The van der Waals surface area contributed by atoms with Crippen LogP contribution >= 0.6 is 0 Å². The zero-order chi connectivity index (χ0) is 19.8. The molecule has 3 aliphatic rings. The minimum atomic E-state index is -0.227. The molecule has 3 unspecified atom stereocenters. The minimum Gasteiger partial charge on any atom is -0.298 e. The van der Waals surface area contributed by atoms with E-state index >= 15 is 0 Å². The van der Waals surface area contributed by atoms with E-state index in [0.29, 0.717) is 17.8 Å². The van der Waals surface area contributed by atoms with Gasteiger partial charge >= 0.3 is 0 Å². The van der Waals surface area contributed by atoms with Crippen LogP contribution in [0.25, 0.3) is 0 Å². The number of hydrogen-bond donors (Lipinski definition) is 0. The van der Waals surface area contributed by atoms with Gasteiger partial charge in [0.1, 0.15) is 6.29 Å². The van der Waals surface area contributed by atoms with Gasteiger partial charge in [-0.25, -0.2) is 0 Å². The number of carbonyl (C=O) groups excluding carboxylic acids is 2. The maximum Gasteiger partial charge on any atom is 0.163 e. The molecule has 3 aliphatic carbocycles. The van der Waals surface area contributed by atoms with Crippen LogP contribution in [0.2, 0.25) is 0 Å². The van der Waals surface area contributed by atoms with Gasteiger partial charge in [-0.1, -0.05) is 49.3 Å². The van der Waals surface area contributed by atoms with Crippen molar-refractivity contribution in [2.24, 2.45) is 35.0 Å². The predicted molar refractivity (Wildman–Crippen MR) is 111 cm³/mol. The first-order valence-electron chi connectivity index (χ1n) is 10.5. The van der Waals surface area contributed by atoms with E-state index in [1.54, 1.807) is 6.08 Å². The Bertz CT molecular complexity index is 731. The Kier molecular flexibility index (Phi) is 5.74. The fraction of sp³-hybridized carbons (Fsp3) is 0.600. The Hall–Kier alpha value is -1.70. The first kappa shape index (κ1) is 20.0. The van der Waals surface area contributed by atoms with Crippen LogP contribution < -0.4 is 0 Å². The molecule has 0 amide bonds. The van der Waals surface area contributed by atoms with Crippen molar-refractivity contribution in [1.82, 2.24) is 0 Å². The van der Waals surface area contributed by atoms with Crippen LogP contribution in [-0.2, 0) is 9.59 Å². The molecule has 0 bridgehead atoms. The van der Waals surface area contributed by atoms with Crippen LogP contribution in [0, 0.1) is 35.0 Å². The fourth-order valence-corrected chi connectivity index (χ4v) is 5.88. The van der Waals surface area contributed by atoms with Crippen LogP contribution in [0.1, 0.15) is 60.3 Å². The van der Waals surface area contributed by atoms with E-state index in [4.69, 9.17) is 0 Å². The molecule has 2 nitrogen and oxygen atoms in total. The van der Waals surface area contributed by atoms with Crippen molar-refractivity contribution in [3.8, 4) is 0 Å². The summed E-state index contributed by atoms with van der Waals surface area (Å²) in [7, 11) is 0. The number of hydrogen-bond acceptors (Lipinski definition) is 2. The molecule has 1 saturated carbocycles. The highest BCUT2D eigenvalue weighted by Crippen LogP contribution is 2.58. The molecule has 3 rings (SSSR count). The van der Waals surface area contributed by atoms with Crippen LogP contribution in [0.15, 0.2) is 47.1 Å². The fourth-order valence-electron chi connectivity index (χ4n) is 5.88. The van der Waals surface area contributed by atoms with Crippen LogP contribution in [0.5, 0.6) is 0 Å². The van der Waals surface area contributed by atoms with Gasteiger partial charge in [-0.2, -0.15) is 0 Å². The summed E-state index contributed by atoms with van der Waals surface area (Å²) in [6.07, 6.45) is 16.0. The van der Waals surface area contributed by atoms with Crippen LogP contribution in [-0.4, -0.2) is 12.1 Å². The van der Waals surface area contributed by atoms with E-state index in [1.165, 1.54) is 24.0 Å². The molecule has 0 aromatic rings. The zero-order valence-corrected chi connectivity index (χ0v) is 17.5. The number of aldehydes is 1. The lowest BCUT2D eigenvalue weighted by Crippen LogP contribution is -2.34.